The quantitative estimate of drug-likeness (QED) is 0.691. The normalized spacial score (nSPS) is 10.3. The summed E-state index contributed by atoms with van der Waals surface area (Å²) in [5.41, 5.74) is 9.04. The number of rotatable bonds is 5. The molecule has 126 valence electrons. The molecule has 0 aliphatic heterocycles. The highest BCUT2D eigenvalue weighted by Gasteiger charge is 2.14. The molecule has 25 heavy (non-hydrogen) atoms. The first-order valence-corrected chi connectivity index (χ1v) is 7.83. The third-order valence-corrected chi connectivity index (χ3v) is 3.86. The van der Waals surface area contributed by atoms with Gasteiger partial charge in [-0.15, -0.1) is 0 Å². The molecule has 0 bridgehead atoms. The van der Waals surface area contributed by atoms with Crippen LogP contribution >= 0.6 is 0 Å². The van der Waals surface area contributed by atoms with Gasteiger partial charge in [0.2, 0.25) is 0 Å². The molecule has 1 aromatic heterocycles. The Hall–Kier alpha value is -3.41. The van der Waals surface area contributed by atoms with Gasteiger partial charge in [0.05, 0.1) is 0 Å². The summed E-state index contributed by atoms with van der Waals surface area (Å²) in [4.78, 5) is 22.0. The number of nitrogens with zero attached hydrogens (tertiary/aromatic N) is 3. The second-order valence-corrected chi connectivity index (χ2v) is 5.62. The van der Waals surface area contributed by atoms with Crippen LogP contribution in [0.2, 0.25) is 0 Å². The fourth-order valence-corrected chi connectivity index (χ4v) is 2.48. The number of hydrogen-bond acceptors (Lipinski definition) is 6. The van der Waals surface area contributed by atoms with Crippen LogP contribution in [0.4, 0.5) is 28.7 Å². The average molecular weight is 333 g/mol. The second kappa shape index (κ2) is 7.00. The predicted octanol–water partition coefficient (Wildman–Crippen LogP) is 3.77. The number of anilines is 5. The highest BCUT2D eigenvalue weighted by Crippen LogP contribution is 2.31. The van der Waals surface area contributed by atoms with Crippen LogP contribution in [-0.2, 0) is 0 Å². The van der Waals surface area contributed by atoms with Crippen molar-refractivity contribution >= 4 is 34.5 Å². The zero-order valence-corrected chi connectivity index (χ0v) is 14.1. The van der Waals surface area contributed by atoms with E-state index >= 15 is 0 Å². The van der Waals surface area contributed by atoms with Gasteiger partial charge in [0, 0.05) is 24.0 Å². The molecule has 0 amide bonds. The molecule has 0 aliphatic rings. The van der Waals surface area contributed by atoms with Gasteiger partial charge in [-0.3, -0.25) is 4.79 Å². The summed E-state index contributed by atoms with van der Waals surface area (Å²) in [6.07, 6.45) is 1.46. The first kappa shape index (κ1) is 16.4. The number of carbonyl (C=O) groups excluding carboxylic acids is 1. The van der Waals surface area contributed by atoms with Gasteiger partial charge in [-0.2, -0.15) is 0 Å². The van der Waals surface area contributed by atoms with Gasteiger partial charge in [-0.05, 0) is 31.2 Å². The van der Waals surface area contributed by atoms with E-state index in [-0.39, 0.29) is 5.78 Å². The van der Waals surface area contributed by atoms with Gasteiger partial charge in [-0.1, -0.05) is 30.3 Å². The average Bonchev–Trinajstić information content (AvgIpc) is 2.64. The summed E-state index contributed by atoms with van der Waals surface area (Å²) in [7, 11) is 1.90. The fraction of sp³-hybridized carbons (Fsp3) is 0.105. The van der Waals surface area contributed by atoms with Crippen molar-refractivity contribution in [1.82, 2.24) is 9.97 Å². The monoisotopic (exact) mass is 333 g/mol. The SMILES string of the molecule is CC(=O)c1cccc(Nc2ncnc(N(C)c3ccccc3)c2N)c1. The summed E-state index contributed by atoms with van der Waals surface area (Å²) < 4.78 is 0. The molecule has 6 nitrogen and oxygen atoms in total. The molecule has 0 spiro atoms. The van der Waals surface area contributed by atoms with Gasteiger partial charge in [0.1, 0.15) is 12.0 Å². The van der Waals surface area contributed by atoms with Crippen molar-refractivity contribution in [1.29, 1.82) is 0 Å². The van der Waals surface area contributed by atoms with E-state index in [1.807, 2.05) is 54.4 Å². The topological polar surface area (TPSA) is 84.1 Å². The maximum Gasteiger partial charge on any atom is 0.161 e. The molecule has 3 N–H and O–H groups in total. The molecule has 0 unspecified atom stereocenters. The van der Waals surface area contributed by atoms with Crippen molar-refractivity contribution in [2.45, 2.75) is 6.92 Å². The third kappa shape index (κ3) is 3.58. The highest BCUT2D eigenvalue weighted by molar-refractivity contribution is 5.95. The van der Waals surface area contributed by atoms with Crippen LogP contribution in [0.15, 0.2) is 60.9 Å². The van der Waals surface area contributed by atoms with Gasteiger partial charge in [0.15, 0.2) is 17.4 Å². The Kier molecular flexibility index (Phi) is 4.61. The van der Waals surface area contributed by atoms with Crippen LogP contribution in [-0.4, -0.2) is 22.8 Å². The number of hydrogen-bond donors (Lipinski definition) is 2. The zero-order valence-electron chi connectivity index (χ0n) is 14.1. The van der Waals surface area contributed by atoms with Crippen molar-refractivity contribution < 1.29 is 4.79 Å². The van der Waals surface area contributed by atoms with Crippen molar-refractivity contribution in [3.05, 3.63) is 66.5 Å². The summed E-state index contributed by atoms with van der Waals surface area (Å²) in [6, 6.07) is 17.0. The van der Waals surface area contributed by atoms with E-state index in [9.17, 15) is 4.79 Å². The lowest BCUT2D eigenvalue weighted by molar-refractivity contribution is 0.101. The minimum atomic E-state index is 0.00353. The number of nitrogens with two attached hydrogens (primary N) is 1. The van der Waals surface area contributed by atoms with Crippen LogP contribution in [0.25, 0.3) is 0 Å². The number of aromatic nitrogens is 2. The van der Waals surface area contributed by atoms with Crippen LogP contribution in [0.3, 0.4) is 0 Å². The maximum absolute atomic E-state index is 11.5. The standard InChI is InChI=1S/C19H19N5O/c1-13(25)14-7-6-8-15(11-14)23-18-17(20)19(22-12-21-18)24(2)16-9-4-3-5-10-16/h3-12H,20H2,1-2H3,(H,21,22,23). The smallest absolute Gasteiger partial charge is 0.161 e. The number of nitrogens with one attached hydrogen (secondary N) is 1. The summed E-state index contributed by atoms with van der Waals surface area (Å²) in [6.45, 7) is 1.53. The Bertz CT molecular complexity index is 895. The minimum Gasteiger partial charge on any atom is -0.393 e. The molecule has 0 atom stereocenters. The van der Waals surface area contributed by atoms with Crippen LogP contribution in [0.1, 0.15) is 17.3 Å². The van der Waals surface area contributed by atoms with E-state index in [2.05, 4.69) is 15.3 Å². The molecule has 1 heterocycles. The van der Waals surface area contributed by atoms with Crippen molar-refractivity contribution in [3.8, 4) is 0 Å². The van der Waals surface area contributed by atoms with E-state index in [1.165, 1.54) is 13.3 Å². The van der Waals surface area contributed by atoms with Crippen LogP contribution in [0, 0.1) is 0 Å². The van der Waals surface area contributed by atoms with Gasteiger partial charge in [0.25, 0.3) is 0 Å². The summed E-state index contributed by atoms with van der Waals surface area (Å²) in [5.74, 6) is 1.10. The van der Waals surface area contributed by atoms with Crippen molar-refractivity contribution in [2.24, 2.45) is 0 Å². The minimum absolute atomic E-state index is 0.00353. The van der Waals surface area contributed by atoms with Gasteiger partial charge < -0.3 is 16.0 Å². The number of ketones is 1. The first-order chi connectivity index (χ1) is 12.1. The molecule has 0 radical (unpaired) electrons. The zero-order chi connectivity index (χ0) is 17.8. The van der Waals surface area contributed by atoms with Crippen LogP contribution in [0.5, 0.6) is 0 Å². The van der Waals surface area contributed by atoms with Crippen molar-refractivity contribution in [2.75, 3.05) is 23.0 Å². The predicted molar refractivity (Wildman–Crippen MR) is 101 cm³/mol. The lowest BCUT2D eigenvalue weighted by Gasteiger charge is -2.21. The Balaban J connectivity index is 1.91. The molecule has 0 fully saturated rings. The Labute approximate surface area is 146 Å². The third-order valence-electron chi connectivity index (χ3n) is 3.86. The highest BCUT2D eigenvalue weighted by atomic mass is 16.1. The molecule has 3 rings (SSSR count). The number of benzene rings is 2. The van der Waals surface area contributed by atoms with Gasteiger partial charge in [-0.25, -0.2) is 9.97 Å². The van der Waals surface area contributed by atoms with Crippen LogP contribution < -0.4 is 16.0 Å². The molecule has 2 aromatic carbocycles. The molecule has 0 saturated carbocycles. The maximum atomic E-state index is 11.5. The molecular weight excluding hydrogens is 314 g/mol. The Morgan fingerprint density at radius 3 is 2.56 bits per heavy atom. The number of nitrogen functional groups attached to an aromatic ring is 1. The first-order valence-electron chi connectivity index (χ1n) is 7.83. The largest absolute Gasteiger partial charge is 0.393 e. The Morgan fingerprint density at radius 1 is 1.08 bits per heavy atom. The summed E-state index contributed by atoms with van der Waals surface area (Å²) in [5, 5.41) is 3.16. The lowest BCUT2D eigenvalue weighted by atomic mass is 10.1. The van der Waals surface area contributed by atoms with Crippen molar-refractivity contribution in [3.63, 3.8) is 0 Å². The number of carbonyl (C=O) groups is 1. The number of para-hydroxylation sites is 1. The van der Waals surface area contributed by atoms with E-state index in [1.54, 1.807) is 12.1 Å². The van der Waals surface area contributed by atoms with E-state index in [0.717, 1.165) is 11.4 Å². The molecule has 0 aliphatic carbocycles. The molecule has 0 saturated heterocycles. The molecule has 3 aromatic rings. The van der Waals surface area contributed by atoms with E-state index in [0.29, 0.717) is 22.9 Å². The molecular formula is C19H19N5O. The molecule has 6 heteroatoms. The van der Waals surface area contributed by atoms with E-state index in [4.69, 9.17) is 5.73 Å². The lowest BCUT2D eigenvalue weighted by Crippen LogP contribution is -2.15. The number of Topliss-reactive ketones (excluding diaryl/α,β-unsaturated/α-hetero) is 1. The Morgan fingerprint density at radius 2 is 1.84 bits per heavy atom. The van der Waals surface area contributed by atoms with Gasteiger partial charge >= 0.3 is 0 Å². The van der Waals surface area contributed by atoms with E-state index < -0.39 is 0 Å². The summed E-state index contributed by atoms with van der Waals surface area (Å²) >= 11 is 0. The fourth-order valence-electron chi connectivity index (χ4n) is 2.48. The second-order valence-electron chi connectivity index (χ2n) is 5.62.